The number of H-pyrrole nitrogens is 1. The zero-order valence-electron chi connectivity index (χ0n) is 18.4. The topological polar surface area (TPSA) is 52.2 Å². The van der Waals surface area contributed by atoms with Crippen molar-refractivity contribution in [1.82, 2.24) is 14.9 Å². The number of rotatable bonds is 5. The number of carbonyl (C=O) groups is 1. The van der Waals surface area contributed by atoms with Crippen molar-refractivity contribution < 1.29 is 31.1 Å². The number of imidazole rings is 1. The molecule has 0 saturated carbocycles. The van der Waals surface area contributed by atoms with Gasteiger partial charge in [0.1, 0.15) is 0 Å². The highest BCUT2D eigenvalue weighted by molar-refractivity contribution is 5.82. The van der Waals surface area contributed by atoms with Gasteiger partial charge in [0.05, 0.1) is 24.1 Å². The average molecular weight is 496 g/mol. The van der Waals surface area contributed by atoms with Crippen LogP contribution in [0.5, 0.6) is 0 Å². The number of nitrogens with zero attached hydrogens (tertiary/aromatic N) is 3. The van der Waals surface area contributed by atoms with Gasteiger partial charge in [-0.2, -0.15) is 26.3 Å². The van der Waals surface area contributed by atoms with Crippen molar-refractivity contribution in [3.8, 4) is 0 Å². The molecule has 1 N–H and O–H groups in total. The van der Waals surface area contributed by atoms with Crippen LogP contribution in [0.15, 0.2) is 61.1 Å². The lowest BCUT2D eigenvalue weighted by Gasteiger charge is -2.34. The maximum absolute atomic E-state index is 13.4. The maximum Gasteiger partial charge on any atom is 0.471 e. The molecule has 2 heterocycles. The first-order chi connectivity index (χ1) is 16.5. The van der Waals surface area contributed by atoms with Crippen LogP contribution in [0.25, 0.3) is 0 Å². The third-order valence-corrected chi connectivity index (χ3v) is 5.98. The molecule has 2 aromatic carbocycles. The molecular weight excluding hydrogens is 474 g/mol. The molecule has 1 aliphatic rings. The molecular formula is C24H22F6N4O. The summed E-state index contributed by atoms with van der Waals surface area (Å²) in [6, 6.07) is 11.7. The van der Waals surface area contributed by atoms with Gasteiger partial charge < -0.3 is 14.8 Å². The van der Waals surface area contributed by atoms with E-state index in [0.29, 0.717) is 29.1 Å². The Hall–Kier alpha value is -3.50. The first-order valence-electron chi connectivity index (χ1n) is 10.9. The molecule has 186 valence electrons. The monoisotopic (exact) mass is 496 g/mol. The Morgan fingerprint density at radius 1 is 1.06 bits per heavy atom. The van der Waals surface area contributed by atoms with Crippen molar-refractivity contribution >= 4 is 11.6 Å². The Labute approximate surface area is 197 Å². The number of anilines is 1. The summed E-state index contributed by atoms with van der Waals surface area (Å²) in [5.41, 5.74) is 0.956. The van der Waals surface area contributed by atoms with Gasteiger partial charge in [-0.15, -0.1) is 0 Å². The highest BCUT2D eigenvalue weighted by Crippen LogP contribution is 2.37. The number of nitrogens with one attached hydrogen (secondary N) is 1. The number of hydrogen-bond acceptors (Lipinski definition) is 3. The Morgan fingerprint density at radius 2 is 1.80 bits per heavy atom. The summed E-state index contributed by atoms with van der Waals surface area (Å²) in [6.45, 7) is -0.708. The Balaban J connectivity index is 1.77. The third kappa shape index (κ3) is 5.77. The number of halogens is 6. The summed E-state index contributed by atoms with van der Waals surface area (Å²) in [5, 5.41) is 0. The first kappa shape index (κ1) is 24.6. The van der Waals surface area contributed by atoms with Crippen LogP contribution < -0.4 is 4.90 Å². The molecule has 0 fully saturated rings. The van der Waals surface area contributed by atoms with E-state index in [1.807, 2.05) is 30.3 Å². The van der Waals surface area contributed by atoms with Gasteiger partial charge in [0.25, 0.3) is 0 Å². The van der Waals surface area contributed by atoms with Crippen molar-refractivity contribution in [3.63, 3.8) is 0 Å². The maximum atomic E-state index is 13.4. The second-order valence-electron chi connectivity index (χ2n) is 8.41. The largest absolute Gasteiger partial charge is 0.471 e. The first-order valence-corrected chi connectivity index (χ1v) is 10.9. The molecule has 1 aromatic heterocycles. The Kier molecular flexibility index (Phi) is 6.77. The van der Waals surface area contributed by atoms with E-state index >= 15 is 0 Å². The Bertz CT molecular complexity index is 1150. The van der Waals surface area contributed by atoms with Crippen LogP contribution in [0.3, 0.4) is 0 Å². The molecule has 4 rings (SSSR count). The van der Waals surface area contributed by atoms with Crippen molar-refractivity contribution in [2.75, 3.05) is 11.4 Å². The number of amides is 1. The lowest BCUT2D eigenvalue weighted by molar-refractivity contribution is -0.186. The van der Waals surface area contributed by atoms with Gasteiger partial charge in [0.2, 0.25) is 0 Å². The molecule has 0 saturated heterocycles. The van der Waals surface area contributed by atoms with E-state index in [2.05, 4.69) is 9.97 Å². The lowest BCUT2D eigenvalue weighted by Crippen LogP contribution is -2.47. The standard InChI is InChI=1S/C24H22F6N4O/c25-23(26,27)18-7-9-21-17(10-18)12-33(22(35)24(28,29)30)14-20(8-6-16-4-2-1-3-5-16)34(21)13-19-11-31-15-32-19/h1-5,7,9-11,15,20H,6,8,12-14H2,(H,31,32)/t20-/m0/s1. The van der Waals surface area contributed by atoms with E-state index in [-0.39, 0.29) is 18.7 Å². The molecule has 1 atom stereocenters. The molecule has 1 amide bonds. The predicted octanol–water partition coefficient (Wildman–Crippen LogP) is 5.34. The summed E-state index contributed by atoms with van der Waals surface area (Å²) in [4.78, 5) is 21.5. The minimum absolute atomic E-state index is 0.000786. The van der Waals surface area contributed by atoms with Gasteiger partial charge in [-0.05, 0) is 42.2 Å². The van der Waals surface area contributed by atoms with E-state index in [1.165, 1.54) is 12.4 Å². The predicted molar refractivity (Wildman–Crippen MR) is 116 cm³/mol. The van der Waals surface area contributed by atoms with Crippen molar-refractivity contribution in [2.24, 2.45) is 0 Å². The lowest BCUT2D eigenvalue weighted by atomic mass is 10.0. The molecule has 0 unspecified atom stereocenters. The fraction of sp³-hybridized carbons (Fsp3) is 0.333. The van der Waals surface area contributed by atoms with E-state index in [0.717, 1.165) is 17.7 Å². The number of fused-ring (bicyclic) bond motifs is 1. The summed E-state index contributed by atoms with van der Waals surface area (Å²) < 4.78 is 80.4. The number of alkyl halides is 6. The minimum atomic E-state index is -5.15. The van der Waals surface area contributed by atoms with Gasteiger partial charge in [0.15, 0.2) is 0 Å². The molecule has 11 heteroatoms. The van der Waals surface area contributed by atoms with Crippen LogP contribution in [0, 0.1) is 0 Å². The number of carbonyl (C=O) groups excluding carboxylic acids is 1. The summed E-state index contributed by atoms with van der Waals surface area (Å²) >= 11 is 0. The van der Waals surface area contributed by atoms with Crippen LogP contribution in [0.1, 0.15) is 28.8 Å². The number of hydrogen-bond donors (Lipinski definition) is 1. The SMILES string of the molecule is O=C(N1Cc2cc(C(F)(F)F)ccc2N(Cc2cnc[nH]2)[C@@H](CCc2ccccc2)C1)C(F)(F)F. The normalized spacial score (nSPS) is 16.7. The van der Waals surface area contributed by atoms with Crippen LogP contribution >= 0.6 is 0 Å². The van der Waals surface area contributed by atoms with E-state index in [1.54, 1.807) is 11.1 Å². The Morgan fingerprint density at radius 3 is 2.43 bits per heavy atom. The van der Waals surface area contributed by atoms with E-state index in [9.17, 15) is 31.1 Å². The van der Waals surface area contributed by atoms with Crippen molar-refractivity contribution in [3.05, 3.63) is 83.4 Å². The van der Waals surface area contributed by atoms with Crippen LogP contribution in [0.4, 0.5) is 32.0 Å². The third-order valence-electron chi connectivity index (χ3n) is 5.98. The molecule has 0 bridgehead atoms. The second kappa shape index (κ2) is 9.63. The molecule has 0 radical (unpaired) electrons. The van der Waals surface area contributed by atoms with Gasteiger partial charge in [-0.3, -0.25) is 4.79 Å². The van der Waals surface area contributed by atoms with Gasteiger partial charge in [-0.1, -0.05) is 30.3 Å². The molecule has 5 nitrogen and oxygen atoms in total. The fourth-order valence-corrected chi connectivity index (χ4v) is 4.32. The average Bonchev–Trinajstić information content (AvgIpc) is 3.26. The molecule has 1 aliphatic heterocycles. The van der Waals surface area contributed by atoms with Gasteiger partial charge in [0, 0.05) is 31.0 Å². The molecule has 3 aromatic rings. The highest BCUT2D eigenvalue weighted by Gasteiger charge is 2.45. The molecule has 35 heavy (non-hydrogen) atoms. The smallest absolute Gasteiger partial charge is 0.361 e. The van der Waals surface area contributed by atoms with Crippen molar-refractivity contribution in [2.45, 2.75) is 44.3 Å². The number of aromatic amines is 1. The van der Waals surface area contributed by atoms with Crippen LogP contribution in [-0.2, 0) is 30.5 Å². The zero-order valence-corrected chi connectivity index (χ0v) is 18.4. The van der Waals surface area contributed by atoms with E-state index < -0.39 is 36.4 Å². The number of aromatic nitrogens is 2. The molecule has 0 aliphatic carbocycles. The second-order valence-corrected chi connectivity index (χ2v) is 8.41. The summed E-state index contributed by atoms with van der Waals surface area (Å²) in [6.07, 6.45) is -5.96. The van der Waals surface area contributed by atoms with Gasteiger partial charge >= 0.3 is 18.3 Å². The number of aryl methyl sites for hydroxylation is 1. The van der Waals surface area contributed by atoms with Crippen LogP contribution in [0.2, 0.25) is 0 Å². The van der Waals surface area contributed by atoms with E-state index in [4.69, 9.17) is 0 Å². The van der Waals surface area contributed by atoms with Crippen molar-refractivity contribution in [1.29, 1.82) is 0 Å². The van der Waals surface area contributed by atoms with Crippen LogP contribution in [-0.4, -0.2) is 39.5 Å². The summed E-state index contributed by atoms with van der Waals surface area (Å²) in [7, 11) is 0. The summed E-state index contributed by atoms with van der Waals surface area (Å²) in [5.74, 6) is -2.08. The zero-order chi connectivity index (χ0) is 25.2. The fourth-order valence-electron chi connectivity index (χ4n) is 4.32. The quantitative estimate of drug-likeness (QED) is 0.485. The number of benzene rings is 2. The minimum Gasteiger partial charge on any atom is -0.361 e. The van der Waals surface area contributed by atoms with Gasteiger partial charge in [-0.25, -0.2) is 4.98 Å². The molecule has 0 spiro atoms. The highest BCUT2D eigenvalue weighted by atomic mass is 19.4.